The highest BCUT2D eigenvalue weighted by Gasteiger charge is 2.27. The molecule has 0 spiro atoms. The molecule has 0 atom stereocenters. The lowest BCUT2D eigenvalue weighted by atomic mass is 10.4. The number of fused-ring (bicyclic) bond motifs is 1. The first-order chi connectivity index (χ1) is 10.4. The molecule has 1 aromatic carbocycles. The summed E-state index contributed by atoms with van der Waals surface area (Å²) in [6.07, 6.45) is 1.89. The molecule has 2 aromatic rings. The fraction of sp³-hybridized carbons (Fsp3) is 0.385. The zero-order valence-corrected chi connectivity index (χ0v) is 14.2. The summed E-state index contributed by atoms with van der Waals surface area (Å²) in [6.45, 7) is 0.960. The lowest BCUT2D eigenvalue weighted by molar-refractivity contribution is 0.447. The Kier molecular flexibility index (Phi) is 4.15. The molecule has 0 saturated heterocycles. The Hall–Kier alpha value is -1.15. The summed E-state index contributed by atoms with van der Waals surface area (Å²) >= 11 is 11.9. The molecule has 2 heterocycles. The van der Waals surface area contributed by atoms with Gasteiger partial charge >= 0.3 is 0 Å². The van der Waals surface area contributed by atoms with Crippen molar-refractivity contribution < 1.29 is 8.42 Å². The molecule has 0 aliphatic carbocycles. The van der Waals surface area contributed by atoms with Gasteiger partial charge in [0, 0.05) is 25.0 Å². The molecular weight excluding hydrogens is 347 g/mol. The number of hydrogen-bond donors (Lipinski definition) is 0. The third-order valence-electron chi connectivity index (χ3n) is 3.63. The molecule has 1 aliphatic rings. The van der Waals surface area contributed by atoms with Crippen LogP contribution in [0.15, 0.2) is 23.1 Å². The van der Waals surface area contributed by atoms with Gasteiger partial charge in [-0.1, -0.05) is 23.2 Å². The smallest absolute Gasteiger partial charge is 0.244 e. The van der Waals surface area contributed by atoms with Crippen molar-refractivity contribution in [3.05, 3.63) is 39.9 Å². The molecule has 3 rings (SSSR count). The van der Waals surface area contributed by atoms with E-state index in [9.17, 15) is 8.42 Å². The monoisotopic (exact) mass is 360 g/mol. The quantitative estimate of drug-likeness (QED) is 0.838. The van der Waals surface area contributed by atoms with Gasteiger partial charge in [0.05, 0.1) is 11.6 Å². The van der Waals surface area contributed by atoms with Crippen LogP contribution in [-0.2, 0) is 29.5 Å². The predicted octanol–water partition coefficient (Wildman–Crippen LogP) is 2.35. The largest absolute Gasteiger partial charge is 0.314 e. The normalized spacial score (nSPS) is 14.5. The van der Waals surface area contributed by atoms with Crippen molar-refractivity contribution in [3.63, 3.8) is 0 Å². The highest BCUT2D eigenvalue weighted by atomic mass is 35.5. The first kappa shape index (κ1) is 15.7. The Morgan fingerprint density at radius 1 is 1.32 bits per heavy atom. The maximum Gasteiger partial charge on any atom is 0.244 e. The minimum atomic E-state index is -3.75. The summed E-state index contributed by atoms with van der Waals surface area (Å²) < 4.78 is 28.5. The van der Waals surface area contributed by atoms with Crippen LogP contribution in [-0.4, -0.2) is 34.5 Å². The van der Waals surface area contributed by atoms with Gasteiger partial charge in [0.15, 0.2) is 0 Å². The molecule has 9 heteroatoms. The van der Waals surface area contributed by atoms with Gasteiger partial charge in [0.25, 0.3) is 0 Å². The van der Waals surface area contributed by atoms with Gasteiger partial charge in [-0.05, 0) is 24.6 Å². The average Bonchev–Trinajstić information content (AvgIpc) is 3.06. The van der Waals surface area contributed by atoms with Gasteiger partial charge in [0.2, 0.25) is 10.0 Å². The van der Waals surface area contributed by atoms with Crippen LogP contribution >= 0.6 is 23.2 Å². The summed E-state index contributed by atoms with van der Waals surface area (Å²) in [4.78, 5) is -0.00896. The van der Waals surface area contributed by atoms with E-state index in [1.165, 1.54) is 23.5 Å². The Morgan fingerprint density at radius 3 is 2.86 bits per heavy atom. The molecule has 22 heavy (non-hydrogen) atoms. The van der Waals surface area contributed by atoms with E-state index in [0.717, 1.165) is 25.2 Å². The van der Waals surface area contributed by atoms with Gasteiger partial charge in [-0.2, -0.15) is 4.31 Å². The SMILES string of the molecule is CN(Cc1nnc2n1CCC2)S(=O)(=O)c1cc(Cl)ccc1Cl. The van der Waals surface area contributed by atoms with Crippen molar-refractivity contribution >= 4 is 33.2 Å². The fourth-order valence-electron chi connectivity index (χ4n) is 2.45. The van der Waals surface area contributed by atoms with Crippen LogP contribution in [0.25, 0.3) is 0 Å². The summed E-state index contributed by atoms with van der Waals surface area (Å²) in [6, 6.07) is 4.37. The lowest BCUT2D eigenvalue weighted by Crippen LogP contribution is -2.28. The Labute approximate surface area is 138 Å². The Balaban J connectivity index is 1.90. The number of aromatic nitrogens is 3. The maximum absolute atomic E-state index is 12.7. The van der Waals surface area contributed by atoms with E-state index in [1.54, 1.807) is 6.07 Å². The van der Waals surface area contributed by atoms with Gasteiger partial charge in [-0.15, -0.1) is 10.2 Å². The van der Waals surface area contributed by atoms with E-state index in [0.29, 0.717) is 10.8 Å². The molecule has 1 aromatic heterocycles. The Morgan fingerprint density at radius 2 is 2.09 bits per heavy atom. The first-order valence-electron chi connectivity index (χ1n) is 6.72. The van der Waals surface area contributed by atoms with Crippen LogP contribution in [0.5, 0.6) is 0 Å². The molecule has 0 fully saturated rings. The topological polar surface area (TPSA) is 68.1 Å². The van der Waals surface area contributed by atoms with Crippen molar-refractivity contribution in [2.24, 2.45) is 0 Å². The molecule has 6 nitrogen and oxygen atoms in total. The van der Waals surface area contributed by atoms with Crippen molar-refractivity contribution in [1.29, 1.82) is 0 Å². The highest BCUT2D eigenvalue weighted by Crippen LogP contribution is 2.28. The second kappa shape index (κ2) is 5.81. The number of benzene rings is 1. The molecule has 0 radical (unpaired) electrons. The van der Waals surface area contributed by atoms with Crippen LogP contribution in [0, 0.1) is 0 Å². The molecule has 0 saturated carbocycles. The summed E-state index contributed by atoms with van der Waals surface area (Å²) in [7, 11) is -2.26. The van der Waals surface area contributed by atoms with E-state index in [2.05, 4.69) is 10.2 Å². The van der Waals surface area contributed by atoms with Crippen LogP contribution < -0.4 is 0 Å². The van der Waals surface area contributed by atoms with Crippen molar-refractivity contribution in [2.45, 2.75) is 30.8 Å². The summed E-state index contributed by atoms with van der Waals surface area (Å²) in [5.74, 6) is 1.54. The van der Waals surface area contributed by atoms with Crippen LogP contribution in [0.4, 0.5) is 0 Å². The zero-order chi connectivity index (χ0) is 15.9. The number of aryl methyl sites for hydroxylation is 1. The van der Waals surface area contributed by atoms with Crippen molar-refractivity contribution in [2.75, 3.05) is 7.05 Å². The molecule has 1 aliphatic heterocycles. The lowest BCUT2D eigenvalue weighted by Gasteiger charge is -2.18. The molecular formula is C13H14Cl2N4O2S. The maximum atomic E-state index is 12.7. The molecule has 0 N–H and O–H groups in total. The third-order valence-corrected chi connectivity index (χ3v) is 6.15. The summed E-state index contributed by atoms with van der Waals surface area (Å²) in [5.41, 5.74) is 0. The number of sulfonamides is 1. The van der Waals surface area contributed by atoms with E-state index in [1.807, 2.05) is 4.57 Å². The average molecular weight is 361 g/mol. The van der Waals surface area contributed by atoms with Gasteiger partial charge < -0.3 is 4.57 Å². The minimum absolute atomic E-state index is 0.00896. The van der Waals surface area contributed by atoms with E-state index >= 15 is 0 Å². The van der Waals surface area contributed by atoms with Crippen LogP contribution in [0.1, 0.15) is 18.1 Å². The standard InChI is InChI=1S/C13H14Cl2N4O2S/c1-18(8-13-17-16-12-3-2-6-19(12)13)22(20,21)11-7-9(14)4-5-10(11)15/h4-5,7H,2-3,6,8H2,1H3. The predicted molar refractivity (Wildman–Crippen MR) is 83.5 cm³/mol. The fourth-order valence-corrected chi connectivity index (χ4v) is 4.31. The number of rotatable bonds is 4. The second-order valence-electron chi connectivity index (χ2n) is 5.12. The zero-order valence-electron chi connectivity index (χ0n) is 11.8. The number of nitrogens with zero attached hydrogens (tertiary/aromatic N) is 4. The van der Waals surface area contributed by atoms with E-state index in [4.69, 9.17) is 23.2 Å². The second-order valence-corrected chi connectivity index (χ2v) is 7.98. The highest BCUT2D eigenvalue weighted by molar-refractivity contribution is 7.89. The van der Waals surface area contributed by atoms with Gasteiger partial charge in [0.1, 0.15) is 16.5 Å². The Bertz CT molecular complexity index is 819. The van der Waals surface area contributed by atoms with Gasteiger partial charge in [-0.3, -0.25) is 0 Å². The van der Waals surface area contributed by atoms with Crippen molar-refractivity contribution in [3.8, 4) is 0 Å². The number of halogens is 2. The summed E-state index contributed by atoms with van der Waals surface area (Å²) in [5, 5.41) is 8.61. The number of hydrogen-bond acceptors (Lipinski definition) is 4. The molecule has 0 amide bonds. The van der Waals surface area contributed by atoms with E-state index in [-0.39, 0.29) is 16.5 Å². The first-order valence-corrected chi connectivity index (χ1v) is 8.91. The third kappa shape index (κ3) is 2.74. The van der Waals surface area contributed by atoms with Crippen LogP contribution in [0.3, 0.4) is 0 Å². The van der Waals surface area contributed by atoms with Crippen molar-refractivity contribution in [1.82, 2.24) is 19.1 Å². The molecule has 0 bridgehead atoms. The van der Waals surface area contributed by atoms with Gasteiger partial charge in [-0.25, -0.2) is 8.42 Å². The molecule has 0 unspecified atom stereocenters. The van der Waals surface area contributed by atoms with E-state index < -0.39 is 10.0 Å². The molecule has 118 valence electrons. The minimum Gasteiger partial charge on any atom is -0.314 e. The van der Waals surface area contributed by atoms with Crippen LogP contribution in [0.2, 0.25) is 10.0 Å².